The predicted molar refractivity (Wildman–Crippen MR) is 75.0 cm³/mol. The molecule has 0 aliphatic heterocycles. The summed E-state index contributed by atoms with van der Waals surface area (Å²) in [4.78, 5) is 22.6. The number of carboxylic acid groups (broad SMARTS) is 1. The highest BCUT2D eigenvalue weighted by molar-refractivity contribution is 9.10. The zero-order valence-electron chi connectivity index (χ0n) is 10.5. The predicted octanol–water partition coefficient (Wildman–Crippen LogP) is 2.96. The van der Waals surface area contributed by atoms with E-state index in [4.69, 9.17) is 5.11 Å². The molecular formula is C13H14BrFN2O3. The molecule has 1 aliphatic carbocycles. The van der Waals surface area contributed by atoms with Crippen LogP contribution in [0, 0.1) is 11.7 Å². The van der Waals surface area contributed by atoms with Crippen LogP contribution >= 0.6 is 15.9 Å². The van der Waals surface area contributed by atoms with Gasteiger partial charge < -0.3 is 15.7 Å². The average molecular weight is 345 g/mol. The molecule has 1 atom stereocenters. The second-order valence-corrected chi connectivity index (χ2v) is 5.59. The van der Waals surface area contributed by atoms with Crippen molar-refractivity contribution >= 4 is 33.6 Å². The van der Waals surface area contributed by atoms with Crippen molar-refractivity contribution in [1.29, 1.82) is 0 Å². The van der Waals surface area contributed by atoms with Gasteiger partial charge in [-0.2, -0.15) is 0 Å². The minimum absolute atomic E-state index is 0.0369. The largest absolute Gasteiger partial charge is 0.481 e. The first-order valence-corrected chi connectivity index (χ1v) is 7.00. The van der Waals surface area contributed by atoms with Crippen molar-refractivity contribution in [2.45, 2.75) is 25.3 Å². The molecule has 1 saturated carbocycles. The van der Waals surface area contributed by atoms with Crippen LogP contribution in [-0.2, 0) is 4.79 Å². The molecule has 1 fully saturated rings. The minimum Gasteiger partial charge on any atom is -0.481 e. The van der Waals surface area contributed by atoms with Crippen LogP contribution in [0.2, 0.25) is 0 Å². The van der Waals surface area contributed by atoms with Crippen LogP contribution in [-0.4, -0.2) is 23.1 Å². The molecule has 5 nitrogen and oxygen atoms in total. The SMILES string of the molecule is O=C(O)CC(NC(=O)Nc1c(F)cccc1Br)C1CC1. The Hall–Kier alpha value is -1.63. The Labute approximate surface area is 123 Å². The summed E-state index contributed by atoms with van der Waals surface area (Å²) >= 11 is 3.15. The topological polar surface area (TPSA) is 78.4 Å². The standard InChI is InChI=1S/C13H14BrFN2O3/c14-8-2-1-3-9(15)12(8)17-13(20)16-10(6-11(18)19)7-4-5-7/h1-3,7,10H,4-6H2,(H,18,19)(H2,16,17,20). The molecule has 1 unspecified atom stereocenters. The van der Waals surface area contributed by atoms with Gasteiger partial charge in [-0.25, -0.2) is 9.18 Å². The fourth-order valence-electron chi connectivity index (χ4n) is 1.96. The summed E-state index contributed by atoms with van der Waals surface area (Å²) in [7, 11) is 0. The zero-order chi connectivity index (χ0) is 14.7. The first-order valence-electron chi connectivity index (χ1n) is 6.20. The van der Waals surface area contributed by atoms with Crippen LogP contribution < -0.4 is 10.6 Å². The highest BCUT2D eigenvalue weighted by Crippen LogP contribution is 2.34. The van der Waals surface area contributed by atoms with Crippen molar-refractivity contribution < 1.29 is 19.1 Å². The van der Waals surface area contributed by atoms with Crippen LogP contribution in [0.3, 0.4) is 0 Å². The number of nitrogens with one attached hydrogen (secondary N) is 2. The van der Waals surface area contributed by atoms with Crippen molar-refractivity contribution in [2.24, 2.45) is 5.92 Å². The normalized spacial score (nSPS) is 15.5. The summed E-state index contributed by atoms with van der Waals surface area (Å²) in [5, 5.41) is 13.8. The van der Waals surface area contributed by atoms with E-state index in [1.54, 1.807) is 6.07 Å². The summed E-state index contributed by atoms with van der Waals surface area (Å²) in [5.74, 6) is -1.33. The van der Waals surface area contributed by atoms with Gasteiger partial charge >= 0.3 is 12.0 Å². The van der Waals surface area contributed by atoms with Gasteiger partial charge in [-0.05, 0) is 46.8 Å². The van der Waals surface area contributed by atoms with E-state index in [0.29, 0.717) is 4.47 Å². The van der Waals surface area contributed by atoms with Crippen LogP contribution in [0.15, 0.2) is 22.7 Å². The molecular weight excluding hydrogens is 331 g/mol. The highest BCUT2D eigenvalue weighted by Gasteiger charge is 2.33. The lowest BCUT2D eigenvalue weighted by molar-refractivity contribution is -0.137. The van der Waals surface area contributed by atoms with Gasteiger partial charge in [-0.1, -0.05) is 6.07 Å². The number of carbonyl (C=O) groups is 2. The number of halogens is 2. The molecule has 1 aliphatic rings. The number of hydrogen-bond acceptors (Lipinski definition) is 2. The van der Waals surface area contributed by atoms with Gasteiger partial charge in [0.2, 0.25) is 0 Å². The van der Waals surface area contributed by atoms with Gasteiger partial charge in [0, 0.05) is 10.5 Å². The van der Waals surface area contributed by atoms with Gasteiger partial charge in [-0.15, -0.1) is 0 Å². The van der Waals surface area contributed by atoms with Crippen molar-refractivity contribution in [3.05, 3.63) is 28.5 Å². The number of hydrogen-bond donors (Lipinski definition) is 3. The van der Waals surface area contributed by atoms with E-state index >= 15 is 0 Å². The average Bonchev–Trinajstić information content (AvgIpc) is 3.17. The molecule has 0 heterocycles. The van der Waals surface area contributed by atoms with E-state index in [2.05, 4.69) is 26.6 Å². The lowest BCUT2D eigenvalue weighted by atomic mass is 10.1. The van der Waals surface area contributed by atoms with Crippen LogP contribution in [0.1, 0.15) is 19.3 Å². The van der Waals surface area contributed by atoms with Gasteiger partial charge in [0.15, 0.2) is 0 Å². The van der Waals surface area contributed by atoms with Crippen molar-refractivity contribution in [3.63, 3.8) is 0 Å². The quantitative estimate of drug-likeness (QED) is 0.768. The summed E-state index contributed by atoms with van der Waals surface area (Å²) in [6, 6.07) is 3.33. The fraction of sp³-hybridized carbons (Fsp3) is 0.385. The molecule has 2 amide bonds. The number of anilines is 1. The molecule has 20 heavy (non-hydrogen) atoms. The minimum atomic E-state index is -0.964. The Morgan fingerprint density at radius 3 is 2.70 bits per heavy atom. The lowest BCUT2D eigenvalue weighted by Gasteiger charge is -2.17. The number of urea groups is 1. The number of carboxylic acids is 1. The molecule has 108 valence electrons. The summed E-state index contributed by atoms with van der Waals surface area (Å²) < 4.78 is 14.0. The van der Waals surface area contributed by atoms with Crippen LogP contribution in [0.4, 0.5) is 14.9 Å². The van der Waals surface area contributed by atoms with Gasteiger partial charge in [0.25, 0.3) is 0 Å². The summed E-state index contributed by atoms with van der Waals surface area (Å²) in [5.41, 5.74) is 0.0369. The molecule has 0 spiro atoms. The number of carbonyl (C=O) groups excluding carboxylic acids is 1. The first-order chi connectivity index (χ1) is 9.47. The molecule has 0 saturated heterocycles. The molecule has 1 aromatic carbocycles. The van der Waals surface area contributed by atoms with Gasteiger partial charge in [-0.3, -0.25) is 4.79 Å². The highest BCUT2D eigenvalue weighted by atomic mass is 79.9. The number of rotatable bonds is 5. The third-order valence-corrected chi connectivity index (χ3v) is 3.76. The van der Waals surface area contributed by atoms with E-state index in [9.17, 15) is 14.0 Å². The number of benzene rings is 1. The zero-order valence-corrected chi connectivity index (χ0v) is 12.1. The van der Waals surface area contributed by atoms with Crippen molar-refractivity contribution in [2.75, 3.05) is 5.32 Å². The monoisotopic (exact) mass is 344 g/mol. The van der Waals surface area contributed by atoms with Crippen molar-refractivity contribution in [1.82, 2.24) is 5.32 Å². The number of para-hydroxylation sites is 1. The van der Waals surface area contributed by atoms with Gasteiger partial charge in [0.05, 0.1) is 12.1 Å². The van der Waals surface area contributed by atoms with E-state index in [1.165, 1.54) is 12.1 Å². The van der Waals surface area contributed by atoms with Crippen molar-refractivity contribution in [3.8, 4) is 0 Å². The maximum absolute atomic E-state index is 13.6. The Bertz CT molecular complexity index is 514. The number of amides is 2. The lowest BCUT2D eigenvalue weighted by Crippen LogP contribution is -2.40. The summed E-state index contributed by atoms with van der Waals surface area (Å²) in [6.45, 7) is 0. The van der Waals surface area contributed by atoms with E-state index in [0.717, 1.165) is 12.8 Å². The molecule has 0 aromatic heterocycles. The second kappa shape index (κ2) is 6.21. The van der Waals surface area contributed by atoms with E-state index in [1.807, 2.05) is 0 Å². The Kier molecular flexibility index (Phi) is 4.59. The smallest absolute Gasteiger partial charge is 0.319 e. The molecule has 0 bridgehead atoms. The van der Waals surface area contributed by atoms with Crippen LogP contribution in [0.25, 0.3) is 0 Å². The molecule has 0 radical (unpaired) electrons. The third-order valence-electron chi connectivity index (χ3n) is 3.10. The number of aliphatic carboxylic acids is 1. The Balaban J connectivity index is 1.99. The van der Waals surface area contributed by atoms with E-state index in [-0.39, 0.29) is 18.0 Å². The molecule has 1 aromatic rings. The molecule has 7 heteroatoms. The maximum atomic E-state index is 13.6. The Morgan fingerprint density at radius 1 is 1.45 bits per heavy atom. The fourth-order valence-corrected chi connectivity index (χ4v) is 2.40. The first kappa shape index (κ1) is 14.8. The summed E-state index contributed by atoms with van der Waals surface area (Å²) in [6.07, 6.45) is 1.68. The Morgan fingerprint density at radius 2 is 2.15 bits per heavy atom. The van der Waals surface area contributed by atoms with Crippen LogP contribution in [0.5, 0.6) is 0 Å². The molecule has 2 rings (SSSR count). The van der Waals surface area contributed by atoms with E-state index < -0.39 is 23.9 Å². The maximum Gasteiger partial charge on any atom is 0.319 e. The third kappa shape index (κ3) is 3.93. The van der Waals surface area contributed by atoms with Gasteiger partial charge in [0.1, 0.15) is 5.82 Å². The molecule has 3 N–H and O–H groups in total. The second-order valence-electron chi connectivity index (χ2n) is 4.74.